The van der Waals surface area contributed by atoms with E-state index in [1.165, 1.54) is 0 Å². The van der Waals surface area contributed by atoms with E-state index >= 15 is 0 Å². The first kappa shape index (κ1) is 20.7. The summed E-state index contributed by atoms with van der Waals surface area (Å²) in [6.45, 7) is 7.74. The maximum absolute atomic E-state index is 13.0. The van der Waals surface area contributed by atoms with Gasteiger partial charge in [0.15, 0.2) is 0 Å². The normalized spacial score (nSPS) is 17.5. The lowest BCUT2D eigenvalue weighted by atomic mass is 10.1. The zero-order valence-corrected chi connectivity index (χ0v) is 18.0. The molecule has 2 aliphatic heterocycles. The van der Waals surface area contributed by atoms with Gasteiger partial charge in [-0.1, -0.05) is 24.6 Å². The lowest BCUT2D eigenvalue weighted by Crippen LogP contribution is -2.46. The second kappa shape index (κ2) is 9.06. The van der Waals surface area contributed by atoms with Crippen molar-refractivity contribution < 1.29 is 9.59 Å². The van der Waals surface area contributed by atoms with Crippen molar-refractivity contribution in [2.45, 2.75) is 19.8 Å². The van der Waals surface area contributed by atoms with Gasteiger partial charge in [0.1, 0.15) is 0 Å². The SMILES string of the molecule is CCN1CCN(c2ccc(Cl)cc2NC(=O)c2cccc(N3CCCC3=O)c2)CC1. The van der Waals surface area contributed by atoms with Crippen LogP contribution in [0.25, 0.3) is 0 Å². The third-order valence-corrected chi connectivity index (χ3v) is 6.10. The molecular weight excluding hydrogens is 400 g/mol. The first-order valence-corrected chi connectivity index (χ1v) is 10.9. The van der Waals surface area contributed by atoms with Crippen LogP contribution in [0.1, 0.15) is 30.1 Å². The van der Waals surface area contributed by atoms with E-state index in [4.69, 9.17) is 11.6 Å². The minimum absolute atomic E-state index is 0.107. The summed E-state index contributed by atoms with van der Waals surface area (Å²) in [5, 5.41) is 3.62. The molecule has 2 fully saturated rings. The van der Waals surface area contributed by atoms with Gasteiger partial charge in [-0.15, -0.1) is 0 Å². The summed E-state index contributed by atoms with van der Waals surface area (Å²) >= 11 is 6.24. The summed E-state index contributed by atoms with van der Waals surface area (Å²) in [4.78, 5) is 31.5. The molecule has 0 bridgehead atoms. The van der Waals surface area contributed by atoms with Gasteiger partial charge in [0.2, 0.25) is 5.91 Å². The Hall–Kier alpha value is -2.57. The number of benzene rings is 2. The number of carbonyl (C=O) groups excluding carboxylic acids is 2. The fraction of sp³-hybridized carbons (Fsp3) is 0.391. The molecule has 2 aromatic carbocycles. The molecule has 4 rings (SSSR count). The van der Waals surface area contributed by atoms with Crippen LogP contribution >= 0.6 is 11.6 Å². The Kier molecular flexibility index (Phi) is 6.25. The van der Waals surface area contributed by atoms with Crippen molar-refractivity contribution in [1.29, 1.82) is 0 Å². The van der Waals surface area contributed by atoms with E-state index in [2.05, 4.69) is 22.0 Å². The first-order chi connectivity index (χ1) is 14.5. The van der Waals surface area contributed by atoms with Crippen LogP contribution in [0.15, 0.2) is 42.5 Å². The maximum Gasteiger partial charge on any atom is 0.255 e. The molecule has 0 aliphatic carbocycles. The minimum atomic E-state index is -0.209. The van der Waals surface area contributed by atoms with Crippen molar-refractivity contribution in [1.82, 2.24) is 4.90 Å². The van der Waals surface area contributed by atoms with E-state index in [0.29, 0.717) is 29.2 Å². The molecule has 2 amide bonds. The third kappa shape index (κ3) is 4.45. The third-order valence-electron chi connectivity index (χ3n) is 5.86. The van der Waals surface area contributed by atoms with Crippen LogP contribution in [0, 0.1) is 0 Å². The van der Waals surface area contributed by atoms with Gasteiger partial charge in [0.05, 0.1) is 11.4 Å². The van der Waals surface area contributed by atoms with Crippen LogP contribution in [-0.2, 0) is 4.79 Å². The number of halogens is 1. The highest BCUT2D eigenvalue weighted by Gasteiger charge is 2.23. The molecule has 158 valence electrons. The molecule has 0 saturated carbocycles. The highest BCUT2D eigenvalue weighted by molar-refractivity contribution is 6.31. The lowest BCUT2D eigenvalue weighted by Gasteiger charge is -2.36. The quantitative estimate of drug-likeness (QED) is 0.788. The van der Waals surface area contributed by atoms with Gasteiger partial charge in [0, 0.05) is 55.4 Å². The number of hydrogen-bond donors (Lipinski definition) is 1. The largest absolute Gasteiger partial charge is 0.367 e. The number of piperazine rings is 1. The van der Waals surface area contributed by atoms with Gasteiger partial charge in [-0.2, -0.15) is 0 Å². The molecule has 0 aromatic heterocycles. The number of nitrogens with zero attached hydrogens (tertiary/aromatic N) is 3. The van der Waals surface area contributed by atoms with Crippen molar-refractivity contribution >= 4 is 40.5 Å². The number of carbonyl (C=O) groups is 2. The summed E-state index contributed by atoms with van der Waals surface area (Å²) in [7, 11) is 0. The number of amides is 2. The maximum atomic E-state index is 13.0. The first-order valence-electron chi connectivity index (χ1n) is 10.5. The smallest absolute Gasteiger partial charge is 0.255 e. The molecule has 0 radical (unpaired) electrons. The number of likely N-dealkylation sites (N-methyl/N-ethyl adjacent to an activating group) is 1. The molecule has 0 spiro atoms. The predicted molar refractivity (Wildman–Crippen MR) is 122 cm³/mol. The van der Waals surface area contributed by atoms with Crippen molar-refractivity contribution in [2.24, 2.45) is 0 Å². The molecule has 2 aromatic rings. The van der Waals surface area contributed by atoms with Crippen molar-refractivity contribution in [2.75, 3.05) is 54.4 Å². The van der Waals surface area contributed by atoms with Crippen LogP contribution in [0.5, 0.6) is 0 Å². The molecule has 0 unspecified atom stereocenters. The highest BCUT2D eigenvalue weighted by atomic mass is 35.5. The van der Waals surface area contributed by atoms with E-state index in [1.807, 2.05) is 24.3 Å². The molecule has 2 heterocycles. The molecule has 1 N–H and O–H groups in total. The Morgan fingerprint density at radius 2 is 1.87 bits per heavy atom. The molecule has 2 saturated heterocycles. The predicted octanol–water partition coefficient (Wildman–Crippen LogP) is 3.86. The Labute approximate surface area is 182 Å². The molecule has 30 heavy (non-hydrogen) atoms. The molecule has 2 aliphatic rings. The van der Waals surface area contributed by atoms with E-state index in [1.54, 1.807) is 23.1 Å². The molecule has 7 heteroatoms. The number of nitrogens with one attached hydrogen (secondary N) is 1. The van der Waals surface area contributed by atoms with Gasteiger partial charge in [-0.05, 0) is 49.4 Å². The lowest BCUT2D eigenvalue weighted by molar-refractivity contribution is -0.117. The van der Waals surface area contributed by atoms with Crippen molar-refractivity contribution in [3.63, 3.8) is 0 Å². The Morgan fingerprint density at radius 1 is 1.07 bits per heavy atom. The summed E-state index contributed by atoms with van der Waals surface area (Å²) in [5.74, 6) is -0.102. The summed E-state index contributed by atoms with van der Waals surface area (Å²) in [6.07, 6.45) is 1.42. The summed E-state index contributed by atoms with van der Waals surface area (Å²) in [6, 6.07) is 12.9. The Bertz CT molecular complexity index is 941. The van der Waals surface area contributed by atoms with E-state index in [9.17, 15) is 9.59 Å². The number of hydrogen-bond acceptors (Lipinski definition) is 4. The van der Waals surface area contributed by atoms with Crippen LogP contribution in [-0.4, -0.2) is 56.0 Å². The van der Waals surface area contributed by atoms with E-state index in [-0.39, 0.29) is 11.8 Å². The van der Waals surface area contributed by atoms with Gasteiger partial charge in [-0.3, -0.25) is 9.59 Å². The van der Waals surface area contributed by atoms with E-state index < -0.39 is 0 Å². The van der Waals surface area contributed by atoms with E-state index in [0.717, 1.165) is 50.5 Å². The number of anilines is 3. The average molecular weight is 427 g/mol. The van der Waals surface area contributed by atoms with Crippen LogP contribution < -0.4 is 15.1 Å². The average Bonchev–Trinajstić information content (AvgIpc) is 3.20. The topological polar surface area (TPSA) is 55.9 Å². The molecular formula is C23H27ClN4O2. The van der Waals surface area contributed by atoms with Crippen LogP contribution in [0.3, 0.4) is 0 Å². The summed E-state index contributed by atoms with van der Waals surface area (Å²) < 4.78 is 0. The highest BCUT2D eigenvalue weighted by Crippen LogP contribution is 2.31. The van der Waals surface area contributed by atoms with Crippen LogP contribution in [0.2, 0.25) is 5.02 Å². The zero-order chi connectivity index (χ0) is 21.1. The Morgan fingerprint density at radius 3 is 2.57 bits per heavy atom. The number of rotatable bonds is 5. The molecule has 0 atom stereocenters. The Balaban J connectivity index is 1.53. The van der Waals surface area contributed by atoms with Gasteiger partial charge in [0.25, 0.3) is 5.91 Å². The second-order valence-corrected chi connectivity index (χ2v) is 8.17. The van der Waals surface area contributed by atoms with Gasteiger partial charge >= 0.3 is 0 Å². The van der Waals surface area contributed by atoms with Gasteiger partial charge < -0.3 is 20.0 Å². The fourth-order valence-corrected chi connectivity index (χ4v) is 4.29. The van der Waals surface area contributed by atoms with Gasteiger partial charge in [-0.25, -0.2) is 0 Å². The standard InChI is InChI=1S/C23H27ClN4O2/c1-2-26-11-13-27(14-12-26)21-9-8-18(24)16-20(21)25-23(30)17-5-3-6-19(15-17)28-10-4-7-22(28)29/h3,5-6,8-9,15-16H,2,4,7,10-14H2,1H3,(H,25,30). The summed E-state index contributed by atoms with van der Waals surface area (Å²) in [5.41, 5.74) is 2.98. The second-order valence-electron chi connectivity index (χ2n) is 7.74. The monoisotopic (exact) mass is 426 g/mol. The molecule has 6 nitrogen and oxygen atoms in total. The fourth-order valence-electron chi connectivity index (χ4n) is 4.12. The van der Waals surface area contributed by atoms with Crippen molar-refractivity contribution in [3.8, 4) is 0 Å². The van der Waals surface area contributed by atoms with Crippen molar-refractivity contribution in [3.05, 3.63) is 53.1 Å². The van der Waals surface area contributed by atoms with Crippen LogP contribution in [0.4, 0.5) is 17.1 Å². The minimum Gasteiger partial charge on any atom is -0.367 e. The zero-order valence-electron chi connectivity index (χ0n) is 17.2.